The van der Waals surface area contributed by atoms with E-state index in [1.807, 2.05) is 7.05 Å². The molecular weight excluding hydrogens is 264 g/mol. The Balaban J connectivity index is 2.35. The average molecular weight is 290 g/mol. The summed E-state index contributed by atoms with van der Waals surface area (Å²) in [5.41, 5.74) is 9.93. The Labute approximate surface area is 126 Å². The van der Waals surface area contributed by atoms with Crippen LogP contribution in [0.25, 0.3) is 0 Å². The minimum absolute atomic E-state index is 0.202. The molecule has 0 bridgehead atoms. The molecule has 2 aromatic heterocycles. The Morgan fingerprint density at radius 1 is 1.24 bits per heavy atom. The van der Waals surface area contributed by atoms with Crippen molar-refractivity contribution in [2.24, 2.45) is 12.8 Å². The molecular formula is C15H26N6. The van der Waals surface area contributed by atoms with Gasteiger partial charge in [-0.15, -0.1) is 0 Å². The topological polar surface area (TPSA) is 74.5 Å². The molecule has 0 aromatic carbocycles. The molecule has 21 heavy (non-hydrogen) atoms. The van der Waals surface area contributed by atoms with Gasteiger partial charge < -0.3 is 5.73 Å². The summed E-state index contributed by atoms with van der Waals surface area (Å²) >= 11 is 0. The van der Waals surface area contributed by atoms with Crippen LogP contribution in [0, 0.1) is 0 Å². The predicted octanol–water partition coefficient (Wildman–Crippen LogP) is 1.46. The smallest absolute Gasteiger partial charge is 0.148 e. The maximum Gasteiger partial charge on any atom is 0.148 e. The summed E-state index contributed by atoms with van der Waals surface area (Å²) in [5, 5.41) is 8.91. The summed E-state index contributed by atoms with van der Waals surface area (Å²) in [6, 6.07) is 0.202. The van der Waals surface area contributed by atoms with Crippen LogP contribution in [0.4, 0.5) is 0 Å². The van der Waals surface area contributed by atoms with Crippen LogP contribution < -0.4 is 5.73 Å². The highest BCUT2D eigenvalue weighted by atomic mass is 15.4. The third kappa shape index (κ3) is 3.32. The van der Waals surface area contributed by atoms with Crippen molar-refractivity contribution in [1.29, 1.82) is 0 Å². The zero-order chi connectivity index (χ0) is 15.4. The highest BCUT2D eigenvalue weighted by Crippen LogP contribution is 2.19. The van der Waals surface area contributed by atoms with Crippen LogP contribution in [-0.2, 0) is 32.9 Å². The zero-order valence-corrected chi connectivity index (χ0v) is 13.5. The first-order chi connectivity index (χ1) is 10.1. The molecule has 0 aliphatic carbocycles. The third-order valence-electron chi connectivity index (χ3n) is 4.01. The van der Waals surface area contributed by atoms with E-state index >= 15 is 0 Å². The Hall–Kier alpha value is -1.69. The molecule has 0 spiro atoms. The number of nitrogens with zero attached hydrogens (tertiary/aromatic N) is 5. The number of nitrogens with two attached hydrogens (primary N) is 1. The zero-order valence-electron chi connectivity index (χ0n) is 13.5. The molecule has 2 N–H and O–H groups in total. The van der Waals surface area contributed by atoms with Gasteiger partial charge in [0.1, 0.15) is 18.7 Å². The minimum Gasteiger partial charge on any atom is -0.327 e. The van der Waals surface area contributed by atoms with Gasteiger partial charge in [0.05, 0.1) is 5.69 Å². The molecule has 1 atom stereocenters. The molecule has 1 unspecified atom stereocenters. The summed E-state index contributed by atoms with van der Waals surface area (Å²) in [5.74, 6) is 0.918. The Morgan fingerprint density at radius 2 is 2.00 bits per heavy atom. The van der Waals surface area contributed by atoms with E-state index < -0.39 is 0 Å². The third-order valence-corrected chi connectivity index (χ3v) is 4.01. The van der Waals surface area contributed by atoms with Crippen LogP contribution in [0.2, 0.25) is 0 Å². The highest BCUT2D eigenvalue weighted by molar-refractivity contribution is 5.28. The van der Waals surface area contributed by atoms with Crippen LogP contribution in [0.5, 0.6) is 0 Å². The molecule has 0 fully saturated rings. The molecule has 0 saturated carbocycles. The monoisotopic (exact) mass is 290 g/mol. The van der Waals surface area contributed by atoms with Crippen LogP contribution in [0.1, 0.15) is 50.0 Å². The van der Waals surface area contributed by atoms with Gasteiger partial charge in [0, 0.05) is 18.8 Å². The van der Waals surface area contributed by atoms with Crippen LogP contribution in [0.15, 0.2) is 6.33 Å². The first kappa shape index (κ1) is 15.7. The molecule has 2 rings (SSSR count). The van der Waals surface area contributed by atoms with Crippen molar-refractivity contribution in [3.63, 3.8) is 0 Å². The summed E-state index contributed by atoms with van der Waals surface area (Å²) in [6.07, 6.45) is 5.36. The lowest BCUT2D eigenvalue weighted by atomic mass is 10.00. The van der Waals surface area contributed by atoms with Gasteiger partial charge in [0.25, 0.3) is 0 Å². The van der Waals surface area contributed by atoms with Gasteiger partial charge in [-0.05, 0) is 31.2 Å². The number of aromatic nitrogens is 5. The van der Waals surface area contributed by atoms with Gasteiger partial charge in [0.2, 0.25) is 0 Å². The summed E-state index contributed by atoms with van der Waals surface area (Å²) < 4.78 is 3.87. The number of hydrogen-bond acceptors (Lipinski definition) is 4. The number of rotatable bonds is 7. The van der Waals surface area contributed by atoms with Crippen molar-refractivity contribution in [2.45, 2.75) is 59.0 Å². The molecule has 0 saturated heterocycles. The predicted molar refractivity (Wildman–Crippen MR) is 83.1 cm³/mol. The molecule has 0 aliphatic rings. The fraction of sp³-hybridized carbons (Fsp3) is 0.667. The first-order valence-electron chi connectivity index (χ1n) is 7.76. The van der Waals surface area contributed by atoms with E-state index in [-0.39, 0.29) is 6.04 Å². The molecule has 0 amide bonds. The van der Waals surface area contributed by atoms with Gasteiger partial charge in [-0.3, -0.25) is 9.36 Å². The lowest BCUT2D eigenvalue weighted by molar-refractivity contribution is 0.580. The van der Waals surface area contributed by atoms with Gasteiger partial charge >= 0.3 is 0 Å². The van der Waals surface area contributed by atoms with E-state index in [2.05, 4.69) is 35.5 Å². The van der Waals surface area contributed by atoms with E-state index in [0.29, 0.717) is 6.54 Å². The minimum atomic E-state index is 0.202. The van der Waals surface area contributed by atoms with Crippen molar-refractivity contribution in [3.05, 3.63) is 29.1 Å². The molecule has 6 heteroatoms. The maximum atomic E-state index is 6.16. The van der Waals surface area contributed by atoms with Gasteiger partial charge in [-0.1, -0.05) is 20.8 Å². The largest absolute Gasteiger partial charge is 0.327 e. The Bertz CT molecular complexity index is 583. The van der Waals surface area contributed by atoms with Gasteiger partial charge in [-0.25, -0.2) is 4.98 Å². The van der Waals surface area contributed by atoms with Crippen molar-refractivity contribution in [1.82, 2.24) is 24.5 Å². The lowest BCUT2D eigenvalue weighted by Crippen LogP contribution is -2.22. The van der Waals surface area contributed by atoms with Gasteiger partial charge in [-0.2, -0.15) is 10.2 Å². The number of hydrogen-bond donors (Lipinski definition) is 1. The molecule has 0 aliphatic heterocycles. The van der Waals surface area contributed by atoms with E-state index in [1.165, 1.54) is 11.3 Å². The summed E-state index contributed by atoms with van der Waals surface area (Å²) in [7, 11) is 1.91. The van der Waals surface area contributed by atoms with Gasteiger partial charge in [0.15, 0.2) is 0 Å². The SMILES string of the molecule is CCc1nn(Cc2ncnn2C)c(CC)c1CC(N)CC. The first-order valence-corrected chi connectivity index (χ1v) is 7.76. The average Bonchev–Trinajstić information content (AvgIpc) is 3.03. The van der Waals surface area contributed by atoms with Crippen molar-refractivity contribution in [2.75, 3.05) is 0 Å². The quantitative estimate of drug-likeness (QED) is 0.838. The van der Waals surface area contributed by atoms with Crippen LogP contribution in [-0.4, -0.2) is 30.6 Å². The van der Waals surface area contributed by atoms with E-state index in [4.69, 9.17) is 10.8 Å². The van der Waals surface area contributed by atoms with Crippen molar-refractivity contribution < 1.29 is 0 Å². The normalized spacial score (nSPS) is 12.8. The second kappa shape index (κ2) is 6.85. The second-order valence-electron chi connectivity index (χ2n) is 5.41. The second-order valence-corrected chi connectivity index (χ2v) is 5.41. The molecule has 2 aromatic rings. The fourth-order valence-electron chi connectivity index (χ4n) is 2.64. The maximum absolute atomic E-state index is 6.16. The lowest BCUT2D eigenvalue weighted by Gasteiger charge is -2.11. The fourth-order valence-corrected chi connectivity index (χ4v) is 2.64. The van der Waals surface area contributed by atoms with E-state index in [1.54, 1.807) is 11.0 Å². The van der Waals surface area contributed by atoms with Crippen molar-refractivity contribution >= 4 is 0 Å². The highest BCUT2D eigenvalue weighted by Gasteiger charge is 2.18. The van der Waals surface area contributed by atoms with E-state index in [0.717, 1.165) is 37.2 Å². The van der Waals surface area contributed by atoms with Crippen molar-refractivity contribution in [3.8, 4) is 0 Å². The molecule has 2 heterocycles. The van der Waals surface area contributed by atoms with E-state index in [9.17, 15) is 0 Å². The summed E-state index contributed by atoms with van der Waals surface area (Å²) in [6.45, 7) is 7.11. The number of aryl methyl sites for hydroxylation is 2. The molecule has 0 radical (unpaired) electrons. The Kier molecular flexibility index (Phi) is 5.12. The molecule has 6 nitrogen and oxygen atoms in total. The Morgan fingerprint density at radius 3 is 2.52 bits per heavy atom. The van der Waals surface area contributed by atoms with Crippen LogP contribution >= 0.6 is 0 Å². The standard InChI is InChI=1S/C15H26N6/c1-5-11(16)8-12-13(6-2)19-21(14(12)7-3)9-15-17-10-18-20(15)4/h10-11H,5-9,16H2,1-4H3. The van der Waals surface area contributed by atoms with Crippen LogP contribution in [0.3, 0.4) is 0 Å². The summed E-state index contributed by atoms with van der Waals surface area (Å²) in [4.78, 5) is 4.29. The molecule has 116 valence electrons.